The molecule has 144 valence electrons. The fraction of sp³-hybridized carbons (Fsp3) is 0.0952. The summed E-state index contributed by atoms with van der Waals surface area (Å²) in [6.45, 7) is 3.39. The highest BCUT2D eigenvalue weighted by molar-refractivity contribution is 6.13. The van der Waals surface area contributed by atoms with Gasteiger partial charge in [0.2, 0.25) is 11.8 Å². The molecule has 1 amide bonds. The van der Waals surface area contributed by atoms with Crippen molar-refractivity contribution in [1.82, 2.24) is 14.8 Å². The highest BCUT2D eigenvalue weighted by Crippen LogP contribution is 2.22. The normalized spacial score (nSPS) is 14.6. The molecule has 1 N–H and O–H groups in total. The number of rotatable bonds is 4. The van der Waals surface area contributed by atoms with Gasteiger partial charge >= 0.3 is 5.97 Å². The molecule has 0 bridgehead atoms. The van der Waals surface area contributed by atoms with Gasteiger partial charge in [-0.3, -0.25) is 4.79 Å². The molecule has 0 fully saturated rings. The van der Waals surface area contributed by atoms with Gasteiger partial charge in [-0.1, -0.05) is 6.07 Å². The van der Waals surface area contributed by atoms with Crippen LogP contribution in [0.1, 0.15) is 23.6 Å². The van der Waals surface area contributed by atoms with Crippen LogP contribution in [0.2, 0.25) is 0 Å². The van der Waals surface area contributed by atoms with Crippen molar-refractivity contribution in [2.24, 2.45) is 4.99 Å². The second-order valence-electron chi connectivity index (χ2n) is 6.48. The Morgan fingerprint density at radius 2 is 1.97 bits per heavy atom. The van der Waals surface area contributed by atoms with Crippen molar-refractivity contribution in [2.45, 2.75) is 13.8 Å². The zero-order chi connectivity index (χ0) is 20.4. The summed E-state index contributed by atoms with van der Waals surface area (Å²) in [6, 6.07) is 12.6. The zero-order valence-corrected chi connectivity index (χ0v) is 15.8. The molecule has 0 radical (unpaired) electrons. The summed E-state index contributed by atoms with van der Waals surface area (Å²) in [5, 5.41) is 6.81. The van der Waals surface area contributed by atoms with Crippen molar-refractivity contribution < 1.29 is 14.3 Å². The van der Waals surface area contributed by atoms with Gasteiger partial charge in [0.05, 0.1) is 5.69 Å². The number of nitrogens with zero attached hydrogens (tertiary/aromatic N) is 4. The minimum absolute atomic E-state index is 0.155. The molecular weight excluding hydrogens is 370 g/mol. The summed E-state index contributed by atoms with van der Waals surface area (Å²) in [5.74, 6) is -0.437. The van der Waals surface area contributed by atoms with Crippen LogP contribution < -0.4 is 5.32 Å². The minimum atomic E-state index is -0.510. The summed E-state index contributed by atoms with van der Waals surface area (Å²) in [7, 11) is 0. The SMILES string of the molecule is CC(=O)Nc1ccc(C2=N/C(=C\c3ccc(-n4cncn4)c(C)c3)C(=O)O2)cc1. The van der Waals surface area contributed by atoms with Gasteiger partial charge in [-0.2, -0.15) is 5.10 Å². The quantitative estimate of drug-likeness (QED) is 0.548. The third kappa shape index (κ3) is 3.96. The van der Waals surface area contributed by atoms with Crippen LogP contribution in [0.3, 0.4) is 0 Å². The molecule has 1 aliphatic heterocycles. The maximum absolute atomic E-state index is 12.2. The Balaban J connectivity index is 1.58. The average Bonchev–Trinajstić information content (AvgIpc) is 3.33. The third-order valence-electron chi connectivity index (χ3n) is 4.26. The highest BCUT2D eigenvalue weighted by atomic mass is 16.6. The summed E-state index contributed by atoms with van der Waals surface area (Å²) < 4.78 is 6.98. The van der Waals surface area contributed by atoms with Gasteiger partial charge in [0.15, 0.2) is 5.70 Å². The molecule has 4 rings (SSSR count). The van der Waals surface area contributed by atoms with E-state index < -0.39 is 5.97 Å². The van der Waals surface area contributed by atoms with E-state index in [1.54, 1.807) is 41.4 Å². The van der Waals surface area contributed by atoms with E-state index in [2.05, 4.69) is 20.4 Å². The van der Waals surface area contributed by atoms with Crippen LogP contribution >= 0.6 is 0 Å². The molecular formula is C21H17N5O3. The number of aromatic nitrogens is 3. The number of amides is 1. The zero-order valence-electron chi connectivity index (χ0n) is 15.8. The minimum Gasteiger partial charge on any atom is -0.402 e. The molecule has 1 aliphatic rings. The van der Waals surface area contributed by atoms with E-state index in [0.717, 1.165) is 16.8 Å². The lowest BCUT2D eigenvalue weighted by Crippen LogP contribution is -2.07. The maximum atomic E-state index is 12.2. The third-order valence-corrected chi connectivity index (χ3v) is 4.26. The van der Waals surface area contributed by atoms with Gasteiger partial charge in [-0.15, -0.1) is 0 Å². The maximum Gasteiger partial charge on any atom is 0.363 e. The Morgan fingerprint density at radius 1 is 1.17 bits per heavy atom. The Bertz CT molecular complexity index is 1150. The smallest absolute Gasteiger partial charge is 0.363 e. The van der Waals surface area contributed by atoms with Crippen LogP contribution in [0, 0.1) is 6.92 Å². The van der Waals surface area contributed by atoms with E-state index in [-0.39, 0.29) is 17.5 Å². The Kier molecular flexibility index (Phi) is 4.74. The predicted molar refractivity (Wildman–Crippen MR) is 107 cm³/mol. The number of aryl methyl sites for hydroxylation is 1. The first-order valence-electron chi connectivity index (χ1n) is 8.86. The number of ether oxygens (including phenoxy) is 1. The molecule has 0 aliphatic carbocycles. The van der Waals surface area contributed by atoms with Crippen molar-refractivity contribution >= 4 is 29.5 Å². The molecule has 0 unspecified atom stereocenters. The Labute approximate surface area is 166 Å². The molecule has 0 spiro atoms. The summed E-state index contributed by atoms with van der Waals surface area (Å²) >= 11 is 0. The van der Waals surface area contributed by atoms with E-state index in [1.807, 2.05) is 25.1 Å². The fourth-order valence-corrected chi connectivity index (χ4v) is 2.95. The van der Waals surface area contributed by atoms with Crippen molar-refractivity contribution in [3.8, 4) is 5.69 Å². The molecule has 0 atom stereocenters. The van der Waals surface area contributed by atoms with Gasteiger partial charge in [-0.25, -0.2) is 19.5 Å². The Hall–Kier alpha value is -4.07. The second-order valence-corrected chi connectivity index (χ2v) is 6.48. The van der Waals surface area contributed by atoms with Crippen LogP contribution in [0.5, 0.6) is 0 Å². The molecule has 2 heterocycles. The molecule has 1 aromatic heterocycles. The van der Waals surface area contributed by atoms with Crippen molar-refractivity contribution in [2.75, 3.05) is 5.32 Å². The summed E-state index contributed by atoms with van der Waals surface area (Å²) in [4.78, 5) is 31.6. The van der Waals surface area contributed by atoms with Crippen molar-refractivity contribution in [3.05, 3.63) is 77.5 Å². The monoisotopic (exact) mass is 387 g/mol. The first-order valence-corrected chi connectivity index (χ1v) is 8.86. The molecule has 0 saturated heterocycles. The number of cyclic esters (lactones) is 1. The summed E-state index contributed by atoms with van der Waals surface area (Å²) in [5.41, 5.74) is 4.23. The molecule has 29 heavy (non-hydrogen) atoms. The van der Waals surface area contributed by atoms with Crippen LogP contribution in [0.15, 0.2) is 65.8 Å². The van der Waals surface area contributed by atoms with E-state index in [4.69, 9.17) is 4.74 Å². The lowest BCUT2D eigenvalue weighted by atomic mass is 10.1. The molecule has 8 heteroatoms. The van der Waals surface area contributed by atoms with Crippen LogP contribution in [0.4, 0.5) is 5.69 Å². The van der Waals surface area contributed by atoms with Gasteiger partial charge in [0, 0.05) is 18.2 Å². The Morgan fingerprint density at radius 3 is 2.62 bits per heavy atom. The van der Waals surface area contributed by atoms with Gasteiger partial charge in [-0.05, 0) is 60.5 Å². The van der Waals surface area contributed by atoms with E-state index in [1.165, 1.54) is 13.3 Å². The first kappa shape index (κ1) is 18.3. The number of hydrogen-bond acceptors (Lipinski definition) is 6. The van der Waals surface area contributed by atoms with Crippen molar-refractivity contribution in [1.29, 1.82) is 0 Å². The number of nitrogens with one attached hydrogen (secondary N) is 1. The van der Waals surface area contributed by atoms with E-state index >= 15 is 0 Å². The topological polar surface area (TPSA) is 98.5 Å². The number of benzene rings is 2. The standard InChI is InChI=1S/C21H17N5O3/c1-13-9-15(3-8-19(13)26-12-22-11-23-26)10-18-21(28)29-20(25-18)16-4-6-17(7-5-16)24-14(2)27/h3-12H,1-2H3,(H,24,27)/b18-10-. The van der Waals surface area contributed by atoms with Crippen molar-refractivity contribution in [3.63, 3.8) is 0 Å². The molecule has 8 nitrogen and oxygen atoms in total. The lowest BCUT2D eigenvalue weighted by molar-refractivity contribution is -0.129. The number of hydrogen-bond donors (Lipinski definition) is 1. The fourth-order valence-electron chi connectivity index (χ4n) is 2.95. The molecule has 3 aromatic rings. The number of aliphatic imine (C=N–C) groups is 1. The molecule has 0 saturated carbocycles. The van der Waals surface area contributed by atoms with Gasteiger partial charge < -0.3 is 10.1 Å². The lowest BCUT2D eigenvalue weighted by Gasteiger charge is -2.06. The van der Waals surface area contributed by atoms with Crippen LogP contribution in [-0.2, 0) is 14.3 Å². The second kappa shape index (κ2) is 7.51. The number of carbonyl (C=O) groups excluding carboxylic acids is 2. The highest BCUT2D eigenvalue weighted by Gasteiger charge is 2.24. The number of anilines is 1. The first-order chi connectivity index (χ1) is 14.0. The number of esters is 1. The van der Waals surface area contributed by atoms with Crippen LogP contribution in [0.25, 0.3) is 11.8 Å². The summed E-state index contributed by atoms with van der Waals surface area (Å²) in [6.07, 6.45) is 4.78. The average molecular weight is 387 g/mol. The number of carbonyl (C=O) groups is 2. The largest absolute Gasteiger partial charge is 0.402 e. The molecule has 2 aromatic carbocycles. The van der Waals surface area contributed by atoms with Crippen LogP contribution in [-0.4, -0.2) is 32.5 Å². The van der Waals surface area contributed by atoms with Gasteiger partial charge in [0.25, 0.3) is 0 Å². The predicted octanol–water partition coefficient (Wildman–Crippen LogP) is 2.88. The van der Waals surface area contributed by atoms with E-state index in [9.17, 15) is 9.59 Å². The van der Waals surface area contributed by atoms with Gasteiger partial charge in [0.1, 0.15) is 12.7 Å². The van der Waals surface area contributed by atoms with E-state index in [0.29, 0.717) is 11.3 Å².